The summed E-state index contributed by atoms with van der Waals surface area (Å²) >= 11 is 0. The summed E-state index contributed by atoms with van der Waals surface area (Å²) in [5.41, 5.74) is 0.444. The predicted octanol–water partition coefficient (Wildman–Crippen LogP) is 2.72. The highest BCUT2D eigenvalue weighted by Crippen LogP contribution is 2.57. The molecule has 0 unspecified atom stereocenters. The van der Waals surface area contributed by atoms with Gasteiger partial charge in [0.25, 0.3) is 0 Å². The number of ether oxygens (including phenoxy) is 2. The van der Waals surface area contributed by atoms with Crippen molar-refractivity contribution in [2.75, 3.05) is 13.2 Å². The van der Waals surface area contributed by atoms with Crippen LogP contribution in [0.1, 0.15) is 26.2 Å². The van der Waals surface area contributed by atoms with E-state index in [0.29, 0.717) is 24.9 Å². The van der Waals surface area contributed by atoms with Crippen LogP contribution in [0.2, 0.25) is 0 Å². The number of carbonyl (C=O) groups is 1. The van der Waals surface area contributed by atoms with E-state index in [1.54, 1.807) is 6.92 Å². The Kier molecular flexibility index (Phi) is 3.48. The van der Waals surface area contributed by atoms with Crippen molar-refractivity contribution in [1.29, 1.82) is 0 Å². The first-order chi connectivity index (χ1) is 9.16. The van der Waals surface area contributed by atoms with Gasteiger partial charge in [-0.05, 0) is 49.9 Å². The lowest BCUT2D eigenvalue weighted by Gasteiger charge is -2.31. The highest BCUT2D eigenvalue weighted by molar-refractivity contribution is 5.86. The highest BCUT2D eigenvalue weighted by Gasteiger charge is 2.52. The van der Waals surface area contributed by atoms with E-state index in [-0.39, 0.29) is 5.97 Å². The third-order valence-electron chi connectivity index (χ3n) is 4.94. The quantitative estimate of drug-likeness (QED) is 0.331. The van der Waals surface area contributed by atoms with E-state index in [1.165, 1.54) is 19.3 Å². The van der Waals surface area contributed by atoms with Crippen molar-refractivity contribution >= 4 is 5.97 Å². The molecular weight excluding hydrogens is 240 g/mol. The van der Waals surface area contributed by atoms with Crippen LogP contribution < -0.4 is 0 Å². The lowest BCUT2D eigenvalue weighted by atomic mass is 9.80. The molecule has 19 heavy (non-hydrogen) atoms. The lowest BCUT2D eigenvalue weighted by molar-refractivity contribution is -0.141. The monoisotopic (exact) mass is 262 g/mol. The molecule has 3 aliphatic rings. The van der Waals surface area contributed by atoms with Crippen molar-refractivity contribution in [3.05, 3.63) is 24.3 Å². The number of rotatable bonds is 5. The van der Waals surface area contributed by atoms with E-state index in [2.05, 4.69) is 18.7 Å². The lowest BCUT2D eigenvalue weighted by Crippen LogP contribution is -2.31. The van der Waals surface area contributed by atoms with Crippen molar-refractivity contribution in [2.24, 2.45) is 23.7 Å². The normalized spacial score (nSPS) is 38.5. The molecule has 3 heteroatoms. The van der Waals surface area contributed by atoms with Gasteiger partial charge < -0.3 is 9.47 Å². The summed E-state index contributed by atoms with van der Waals surface area (Å²) in [5.74, 6) is 2.88. The molecule has 3 nitrogen and oxygen atoms in total. The Labute approximate surface area is 114 Å². The van der Waals surface area contributed by atoms with Crippen LogP contribution in [0.25, 0.3) is 0 Å². The predicted molar refractivity (Wildman–Crippen MR) is 72.5 cm³/mol. The summed E-state index contributed by atoms with van der Waals surface area (Å²) in [6, 6.07) is 0. The zero-order valence-electron chi connectivity index (χ0n) is 11.5. The summed E-state index contributed by atoms with van der Waals surface area (Å²) in [6.07, 6.45) is 8.89. The number of carbonyl (C=O) groups excluding carboxylic acids is 1. The average Bonchev–Trinajstić information content (AvgIpc) is 3.05. The largest absolute Gasteiger partial charge is 0.460 e. The molecule has 0 N–H and O–H groups in total. The number of hydrogen-bond acceptors (Lipinski definition) is 3. The SMILES string of the molecule is C=C(C)C(=O)OCCO[C@H]1C[C@@H]2C[C@@H]1[C@H]1CC=C[C@H]21. The van der Waals surface area contributed by atoms with Crippen LogP contribution in [0, 0.1) is 23.7 Å². The molecule has 2 bridgehead atoms. The van der Waals surface area contributed by atoms with Gasteiger partial charge in [-0.2, -0.15) is 0 Å². The van der Waals surface area contributed by atoms with Crippen LogP contribution >= 0.6 is 0 Å². The van der Waals surface area contributed by atoms with Crippen LogP contribution in [0.4, 0.5) is 0 Å². The van der Waals surface area contributed by atoms with Gasteiger partial charge in [0.15, 0.2) is 0 Å². The molecule has 5 atom stereocenters. The summed E-state index contributed by atoms with van der Waals surface area (Å²) in [4.78, 5) is 11.2. The van der Waals surface area contributed by atoms with Gasteiger partial charge >= 0.3 is 5.97 Å². The van der Waals surface area contributed by atoms with Crippen molar-refractivity contribution < 1.29 is 14.3 Å². The Morgan fingerprint density at radius 2 is 2.16 bits per heavy atom. The zero-order valence-corrected chi connectivity index (χ0v) is 11.5. The minimum atomic E-state index is -0.323. The number of esters is 1. The molecule has 2 saturated carbocycles. The molecule has 104 valence electrons. The molecule has 0 spiro atoms. The highest BCUT2D eigenvalue weighted by atomic mass is 16.6. The molecule has 0 aromatic heterocycles. The first-order valence-electron chi connectivity index (χ1n) is 7.27. The van der Waals surface area contributed by atoms with E-state index in [0.717, 1.165) is 23.7 Å². The van der Waals surface area contributed by atoms with E-state index >= 15 is 0 Å². The summed E-state index contributed by atoms with van der Waals surface area (Å²) in [7, 11) is 0. The molecule has 0 saturated heterocycles. The molecule has 0 aromatic rings. The maximum absolute atomic E-state index is 11.2. The van der Waals surface area contributed by atoms with Crippen LogP contribution in [0.5, 0.6) is 0 Å². The Bertz CT molecular complexity index is 412. The third kappa shape index (κ3) is 2.36. The van der Waals surface area contributed by atoms with Gasteiger partial charge in [0.2, 0.25) is 0 Å². The van der Waals surface area contributed by atoms with Crippen LogP contribution in [0.15, 0.2) is 24.3 Å². The molecule has 0 aromatic carbocycles. The standard InChI is InChI=1S/C16H22O3/c1-10(2)16(17)19-7-6-18-15-9-11-8-14(15)13-5-3-4-12(11)13/h3-4,11-15H,1,5-9H2,2H3/t11-,12+,13-,14+,15-/m0/s1. The maximum atomic E-state index is 11.2. The molecule has 3 aliphatic carbocycles. The summed E-state index contributed by atoms with van der Waals surface area (Å²) < 4.78 is 11.0. The van der Waals surface area contributed by atoms with Crippen molar-refractivity contribution in [2.45, 2.75) is 32.3 Å². The Balaban J connectivity index is 1.41. The molecular formula is C16H22O3. The minimum Gasteiger partial charge on any atom is -0.460 e. The number of hydrogen-bond donors (Lipinski definition) is 0. The second-order valence-electron chi connectivity index (χ2n) is 6.13. The molecule has 3 rings (SSSR count). The maximum Gasteiger partial charge on any atom is 0.333 e. The van der Waals surface area contributed by atoms with Gasteiger partial charge in [-0.3, -0.25) is 0 Å². The molecule has 0 aliphatic heterocycles. The zero-order chi connectivity index (χ0) is 13.4. The molecule has 0 heterocycles. The number of fused-ring (bicyclic) bond motifs is 5. The van der Waals surface area contributed by atoms with E-state index in [1.807, 2.05) is 0 Å². The van der Waals surface area contributed by atoms with Gasteiger partial charge in [-0.25, -0.2) is 4.79 Å². The van der Waals surface area contributed by atoms with Gasteiger partial charge in [0.05, 0.1) is 12.7 Å². The third-order valence-corrected chi connectivity index (χ3v) is 4.94. The molecule has 0 radical (unpaired) electrons. The average molecular weight is 262 g/mol. The smallest absolute Gasteiger partial charge is 0.333 e. The van der Waals surface area contributed by atoms with Gasteiger partial charge in [-0.15, -0.1) is 0 Å². The van der Waals surface area contributed by atoms with Crippen LogP contribution in [0.3, 0.4) is 0 Å². The first kappa shape index (κ1) is 12.9. The van der Waals surface area contributed by atoms with Crippen molar-refractivity contribution in [3.63, 3.8) is 0 Å². The fraction of sp³-hybridized carbons (Fsp3) is 0.688. The van der Waals surface area contributed by atoms with E-state index in [4.69, 9.17) is 9.47 Å². The van der Waals surface area contributed by atoms with E-state index < -0.39 is 0 Å². The summed E-state index contributed by atoms with van der Waals surface area (Å²) in [6.45, 7) is 6.07. The van der Waals surface area contributed by atoms with Crippen molar-refractivity contribution in [1.82, 2.24) is 0 Å². The second kappa shape index (κ2) is 5.12. The summed E-state index contributed by atoms with van der Waals surface area (Å²) in [5, 5.41) is 0. The van der Waals surface area contributed by atoms with Crippen molar-refractivity contribution in [3.8, 4) is 0 Å². The Morgan fingerprint density at radius 3 is 2.95 bits per heavy atom. The van der Waals surface area contributed by atoms with Gasteiger partial charge in [0.1, 0.15) is 6.61 Å². The molecule has 0 amide bonds. The Morgan fingerprint density at radius 1 is 1.32 bits per heavy atom. The van der Waals surface area contributed by atoms with Crippen LogP contribution in [-0.4, -0.2) is 25.3 Å². The van der Waals surface area contributed by atoms with Gasteiger partial charge in [-0.1, -0.05) is 18.7 Å². The van der Waals surface area contributed by atoms with Gasteiger partial charge in [0, 0.05) is 5.57 Å². The Hall–Kier alpha value is -1.09. The minimum absolute atomic E-state index is 0.323. The van der Waals surface area contributed by atoms with E-state index in [9.17, 15) is 4.79 Å². The van der Waals surface area contributed by atoms with Crippen LogP contribution in [-0.2, 0) is 14.3 Å². The topological polar surface area (TPSA) is 35.5 Å². The first-order valence-corrected chi connectivity index (χ1v) is 7.27. The molecule has 2 fully saturated rings. The second-order valence-corrected chi connectivity index (χ2v) is 6.13. The fourth-order valence-corrected chi connectivity index (χ4v) is 4.14. The number of allylic oxidation sites excluding steroid dienone is 2. The fourth-order valence-electron chi connectivity index (χ4n) is 4.14.